The zero-order chi connectivity index (χ0) is 33.1. The number of methoxy groups -OCH3 is 1. The number of halogens is 3. The largest absolute Gasteiger partial charge is 0.497 e. The molecule has 4 aliphatic heterocycles. The molecule has 8 nitrogen and oxygen atoms in total. The molecule has 0 aromatic heterocycles. The lowest BCUT2D eigenvalue weighted by Gasteiger charge is -2.38. The van der Waals surface area contributed by atoms with Crippen molar-refractivity contribution in [2.75, 3.05) is 71.0 Å². The number of alkyl halides is 3. The molecule has 6 rings (SSSR count). The Balaban J connectivity index is 1.16. The molecule has 4 saturated heterocycles. The third kappa shape index (κ3) is 7.72. The fourth-order valence-corrected chi connectivity index (χ4v) is 8.12. The second-order valence-corrected chi connectivity index (χ2v) is 13.7. The van der Waals surface area contributed by atoms with Gasteiger partial charge in [0.05, 0.1) is 24.5 Å². The molecule has 0 aliphatic carbocycles. The van der Waals surface area contributed by atoms with Gasteiger partial charge in [0.2, 0.25) is 5.91 Å². The van der Waals surface area contributed by atoms with Gasteiger partial charge in [-0.2, -0.15) is 13.2 Å². The number of carboxylic acids is 1. The number of piperidine rings is 2. The van der Waals surface area contributed by atoms with E-state index >= 15 is 0 Å². The standard InChI is InChI=1S/C36H46F3N3O5/c1-46-29-5-2-25(3-6-29)31-22-40(21-24-12-18-47-19-13-24)23-32(31)34(43)42-16-8-26(9-17-42)30-7-4-28(36(37,38)39)20-33(30)41-14-10-27(11-15-41)35(44)45/h2-7,20,24,26-27,31-32H,8-19,21-23H2,1H3,(H,44,45)/t31-,32+/m0/s1. The molecule has 0 unspecified atom stereocenters. The fourth-order valence-electron chi connectivity index (χ4n) is 8.12. The van der Waals surface area contributed by atoms with Crippen molar-refractivity contribution in [2.45, 2.75) is 56.5 Å². The topological polar surface area (TPSA) is 82.6 Å². The molecule has 1 amide bonds. The van der Waals surface area contributed by atoms with Gasteiger partial charge >= 0.3 is 12.1 Å². The molecule has 0 radical (unpaired) electrons. The van der Waals surface area contributed by atoms with Gasteiger partial charge in [0.25, 0.3) is 0 Å². The van der Waals surface area contributed by atoms with Crippen LogP contribution in [0.4, 0.5) is 18.9 Å². The lowest BCUT2D eigenvalue weighted by molar-refractivity contribution is -0.142. The van der Waals surface area contributed by atoms with Crippen LogP contribution in [0.3, 0.4) is 0 Å². The molecule has 4 aliphatic rings. The summed E-state index contributed by atoms with van der Waals surface area (Å²) < 4.78 is 52.2. The first-order valence-corrected chi connectivity index (χ1v) is 17.0. The molecular formula is C36H46F3N3O5. The normalized spacial score (nSPS) is 24.1. The number of benzene rings is 2. The Morgan fingerprint density at radius 1 is 0.915 bits per heavy atom. The van der Waals surface area contributed by atoms with Gasteiger partial charge in [-0.1, -0.05) is 18.2 Å². The zero-order valence-corrected chi connectivity index (χ0v) is 27.1. The Morgan fingerprint density at radius 3 is 2.21 bits per heavy atom. The Kier molecular flexibility index (Phi) is 10.3. The first-order valence-electron chi connectivity index (χ1n) is 17.0. The molecule has 2 aromatic rings. The number of hydrogen-bond donors (Lipinski definition) is 1. The zero-order valence-electron chi connectivity index (χ0n) is 27.1. The van der Waals surface area contributed by atoms with E-state index in [2.05, 4.69) is 17.0 Å². The minimum absolute atomic E-state index is 0.0134. The van der Waals surface area contributed by atoms with Crippen LogP contribution in [0.15, 0.2) is 42.5 Å². The average molecular weight is 658 g/mol. The van der Waals surface area contributed by atoms with Crippen LogP contribution < -0.4 is 9.64 Å². The highest BCUT2D eigenvalue weighted by molar-refractivity contribution is 5.81. The van der Waals surface area contributed by atoms with Crippen molar-refractivity contribution < 1.29 is 37.3 Å². The molecular weight excluding hydrogens is 611 g/mol. The maximum absolute atomic E-state index is 14.2. The van der Waals surface area contributed by atoms with Crippen LogP contribution in [-0.4, -0.2) is 92.9 Å². The minimum atomic E-state index is -4.47. The molecule has 0 bridgehead atoms. The van der Waals surface area contributed by atoms with Gasteiger partial charge in [-0.3, -0.25) is 9.59 Å². The van der Waals surface area contributed by atoms with Crippen LogP contribution in [0.2, 0.25) is 0 Å². The fraction of sp³-hybridized carbons (Fsp3) is 0.611. The van der Waals surface area contributed by atoms with E-state index in [1.807, 2.05) is 21.9 Å². The number of ether oxygens (including phenoxy) is 2. The van der Waals surface area contributed by atoms with Gasteiger partial charge in [0, 0.05) is 70.6 Å². The van der Waals surface area contributed by atoms with Crippen molar-refractivity contribution in [3.8, 4) is 5.75 Å². The summed E-state index contributed by atoms with van der Waals surface area (Å²) in [5, 5.41) is 9.43. The molecule has 1 N–H and O–H groups in total. The van der Waals surface area contributed by atoms with Crippen LogP contribution in [-0.2, 0) is 20.5 Å². The number of aliphatic carboxylic acids is 1. The van der Waals surface area contributed by atoms with Crippen molar-refractivity contribution in [1.82, 2.24) is 9.80 Å². The molecule has 256 valence electrons. The highest BCUT2D eigenvalue weighted by Gasteiger charge is 2.42. The van der Waals surface area contributed by atoms with Gasteiger partial charge in [0.1, 0.15) is 5.75 Å². The van der Waals surface area contributed by atoms with Gasteiger partial charge in [-0.25, -0.2) is 0 Å². The second kappa shape index (κ2) is 14.4. The molecule has 11 heteroatoms. The summed E-state index contributed by atoms with van der Waals surface area (Å²) in [6, 6.07) is 12.0. The molecule has 4 heterocycles. The van der Waals surface area contributed by atoms with Crippen LogP contribution in [0.25, 0.3) is 0 Å². The number of carbonyl (C=O) groups excluding carboxylic acids is 1. The molecule has 47 heavy (non-hydrogen) atoms. The first-order chi connectivity index (χ1) is 22.6. The number of rotatable bonds is 8. The van der Waals surface area contributed by atoms with E-state index in [1.54, 1.807) is 13.2 Å². The van der Waals surface area contributed by atoms with Gasteiger partial charge in [-0.05, 0) is 85.8 Å². The predicted molar refractivity (Wildman–Crippen MR) is 172 cm³/mol. The predicted octanol–water partition coefficient (Wildman–Crippen LogP) is 5.86. The average Bonchev–Trinajstić information content (AvgIpc) is 3.51. The SMILES string of the molecule is COc1ccc([C@@H]2CN(CC3CCOCC3)C[C@H]2C(=O)N2CCC(c3ccc(C(F)(F)F)cc3N3CCC(C(=O)O)CC3)CC2)cc1. The van der Waals surface area contributed by atoms with Crippen LogP contribution in [0.5, 0.6) is 5.75 Å². The quantitative estimate of drug-likeness (QED) is 0.381. The highest BCUT2D eigenvalue weighted by atomic mass is 19.4. The van der Waals surface area contributed by atoms with Gasteiger partial charge in [-0.15, -0.1) is 0 Å². The lowest BCUT2D eigenvalue weighted by Crippen LogP contribution is -2.43. The monoisotopic (exact) mass is 657 g/mol. The Morgan fingerprint density at radius 2 is 1.60 bits per heavy atom. The second-order valence-electron chi connectivity index (χ2n) is 13.7. The smallest absolute Gasteiger partial charge is 0.416 e. The third-order valence-corrected chi connectivity index (χ3v) is 10.9. The minimum Gasteiger partial charge on any atom is -0.497 e. The van der Waals surface area contributed by atoms with Crippen LogP contribution in [0.1, 0.15) is 67.1 Å². The number of carboxylic acid groups (broad SMARTS) is 1. The van der Waals surface area contributed by atoms with Crippen molar-refractivity contribution in [2.24, 2.45) is 17.8 Å². The summed E-state index contributed by atoms with van der Waals surface area (Å²) >= 11 is 0. The van der Waals surface area contributed by atoms with Crippen molar-refractivity contribution >= 4 is 17.6 Å². The molecule has 2 atom stereocenters. The van der Waals surface area contributed by atoms with E-state index in [1.165, 1.54) is 6.07 Å². The van der Waals surface area contributed by atoms with Crippen molar-refractivity contribution in [3.05, 3.63) is 59.2 Å². The molecule has 4 fully saturated rings. The third-order valence-electron chi connectivity index (χ3n) is 10.9. The first kappa shape index (κ1) is 33.6. The van der Waals surface area contributed by atoms with Crippen LogP contribution in [0, 0.1) is 17.8 Å². The number of carbonyl (C=O) groups is 2. The molecule has 0 spiro atoms. The van der Waals surface area contributed by atoms with E-state index in [-0.39, 0.29) is 23.7 Å². The summed E-state index contributed by atoms with van der Waals surface area (Å²) in [5.74, 6) is 0.0935. The highest BCUT2D eigenvalue weighted by Crippen LogP contribution is 2.42. The van der Waals surface area contributed by atoms with E-state index in [0.717, 1.165) is 62.1 Å². The van der Waals surface area contributed by atoms with Crippen molar-refractivity contribution in [1.29, 1.82) is 0 Å². The Labute approximate surface area is 274 Å². The maximum Gasteiger partial charge on any atom is 0.416 e. The van der Waals surface area contributed by atoms with E-state index < -0.39 is 23.6 Å². The Hall–Kier alpha value is -3.31. The number of likely N-dealkylation sites (tertiary alicyclic amines) is 2. The molecule has 0 saturated carbocycles. The van der Waals surface area contributed by atoms with Crippen molar-refractivity contribution in [3.63, 3.8) is 0 Å². The molecule has 2 aromatic carbocycles. The number of anilines is 1. The summed E-state index contributed by atoms with van der Waals surface area (Å²) in [6.07, 6.45) is -0.245. The van der Waals surface area contributed by atoms with E-state index in [9.17, 15) is 27.9 Å². The van der Waals surface area contributed by atoms with Gasteiger partial charge < -0.3 is 29.3 Å². The number of nitrogens with zero attached hydrogens (tertiary/aromatic N) is 3. The van der Waals surface area contributed by atoms with Crippen LogP contribution >= 0.6 is 0 Å². The summed E-state index contributed by atoms with van der Waals surface area (Å²) in [4.78, 5) is 32.1. The Bertz CT molecular complexity index is 1380. The van der Waals surface area contributed by atoms with E-state index in [4.69, 9.17) is 9.47 Å². The van der Waals surface area contributed by atoms with Gasteiger partial charge in [0.15, 0.2) is 0 Å². The number of hydrogen-bond acceptors (Lipinski definition) is 6. The number of amides is 1. The summed E-state index contributed by atoms with van der Waals surface area (Å²) in [7, 11) is 1.64. The lowest BCUT2D eigenvalue weighted by atomic mass is 9.84. The summed E-state index contributed by atoms with van der Waals surface area (Å²) in [5.41, 5.74) is 1.85. The summed E-state index contributed by atoms with van der Waals surface area (Å²) in [6.45, 7) is 5.99. The maximum atomic E-state index is 14.2. The van der Waals surface area contributed by atoms with E-state index in [0.29, 0.717) is 70.0 Å².